The fourth-order valence-corrected chi connectivity index (χ4v) is 2.93. The van der Waals surface area contributed by atoms with Gasteiger partial charge in [-0.1, -0.05) is 66.7 Å². The summed E-state index contributed by atoms with van der Waals surface area (Å²) in [4.78, 5) is 4.83. The van der Waals surface area contributed by atoms with Gasteiger partial charge < -0.3 is 4.74 Å². The first-order chi connectivity index (χ1) is 11.8. The molecule has 0 fully saturated rings. The van der Waals surface area contributed by atoms with Gasteiger partial charge in [0.15, 0.2) is 0 Å². The Hall–Kier alpha value is -3.13. The summed E-state index contributed by atoms with van der Waals surface area (Å²) in [5.74, 6) is 0.800. The molecule has 0 aliphatic heterocycles. The van der Waals surface area contributed by atoms with E-state index in [9.17, 15) is 0 Å². The van der Waals surface area contributed by atoms with Crippen molar-refractivity contribution in [2.45, 2.75) is 0 Å². The number of hydrogen-bond donors (Lipinski definition) is 0. The number of aromatic nitrogens is 1. The Bertz CT molecular complexity index is 993. The summed E-state index contributed by atoms with van der Waals surface area (Å²) in [6.45, 7) is 0. The Labute approximate surface area is 141 Å². The molecule has 0 radical (unpaired) electrons. The van der Waals surface area contributed by atoms with E-state index in [0.717, 1.165) is 27.9 Å². The summed E-state index contributed by atoms with van der Waals surface area (Å²) in [5.41, 5.74) is 5.34. The Morgan fingerprint density at radius 2 is 1.42 bits per heavy atom. The van der Waals surface area contributed by atoms with Crippen molar-refractivity contribution < 1.29 is 4.74 Å². The summed E-state index contributed by atoms with van der Waals surface area (Å²) < 4.78 is 5.45. The zero-order valence-electron chi connectivity index (χ0n) is 13.4. The molecular weight excluding hydrogens is 294 g/mol. The number of fused-ring (bicyclic) bond motifs is 1. The molecule has 2 nitrogen and oxygen atoms in total. The molecule has 0 aliphatic carbocycles. The van der Waals surface area contributed by atoms with Crippen LogP contribution in [0.15, 0.2) is 84.9 Å². The standard InChI is InChI=1S/C22H17NO/c1-24-21-12-6-9-17-13-14-20(23-22(17)21)19-11-5-10-18(15-19)16-7-3-2-4-8-16/h2-15H,1H3. The van der Waals surface area contributed by atoms with Crippen molar-refractivity contribution in [3.05, 3.63) is 84.9 Å². The van der Waals surface area contributed by atoms with Gasteiger partial charge in [-0.3, -0.25) is 0 Å². The quantitative estimate of drug-likeness (QED) is 0.493. The lowest BCUT2D eigenvalue weighted by Gasteiger charge is -2.08. The zero-order valence-corrected chi connectivity index (χ0v) is 13.4. The molecule has 3 aromatic carbocycles. The Balaban J connectivity index is 1.83. The minimum atomic E-state index is 0.800. The van der Waals surface area contributed by atoms with Gasteiger partial charge in [-0.25, -0.2) is 4.98 Å². The highest BCUT2D eigenvalue weighted by Crippen LogP contribution is 2.29. The Morgan fingerprint density at radius 1 is 0.667 bits per heavy atom. The fraction of sp³-hybridized carbons (Fsp3) is 0.0455. The van der Waals surface area contributed by atoms with Crippen LogP contribution in [0.5, 0.6) is 5.75 Å². The predicted molar refractivity (Wildman–Crippen MR) is 99.2 cm³/mol. The van der Waals surface area contributed by atoms with Crippen molar-refractivity contribution in [2.75, 3.05) is 7.11 Å². The molecule has 1 heterocycles. The molecule has 116 valence electrons. The van der Waals surface area contributed by atoms with Crippen LogP contribution in [0.3, 0.4) is 0 Å². The minimum absolute atomic E-state index is 0.800. The first-order valence-corrected chi connectivity index (χ1v) is 7.95. The molecule has 2 heteroatoms. The maximum Gasteiger partial charge on any atom is 0.145 e. The van der Waals surface area contributed by atoms with Crippen molar-refractivity contribution in [3.63, 3.8) is 0 Å². The Morgan fingerprint density at radius 3 is 2.25 bits per heavy atom. The zero-order chi connectivity index (χ0) is 16.4. The molecule has 0 saturated heterocycles. The largest absolute Gasteiger partial charge is 0.494 e. The van der Waals surface area contributed by atoms with Gasteiger partial charge >= 0.3 is 0 Å². The third-order valence-corrected chi connectivity index (χ3v) is 4.17. The number of benzene rings is 3. The smallest absolute Gasteiger partial charge is 0.145 e. The lowest BCUT2D eigenvalue weighted by atomic mass is 10.0. The van der Waals surface area contributed by atoms with E-state index in [1.54, 1.807) is 7.11 Å². The number of rotatable bonds is 3. The average molecular weight is 311 g/mol. The van der Waals surface area contributed by atoms with Crippen molar-refractivity contribution in [1.29, 1.82) is 0 Å². The molecule has 0 saturated carbocycles. The van der Waals surface area contributed by atoms with E-state index in [0.29, 0.717) is 0 Å². The monoisotopic (exact) mass is 311 g/mol. The summed E-state index contributed by atoms with van der Waals surface area (Å²) in [5, 5.41) is 1.08. The third kappa shape index (κ3) is 2.63. The predicted octanol–water partition coefficient (Wildman–Crippen LogP) is 5.58. The molecule has 24 heavy (non-hydrogen) atoms. The molecular formula is C22H17NO. The molecule has 0 spiro atoms. The number of nitrogens with zero attached hydrogens (tertiary/aromatic N) is 1. The second kappa shape index (κ2) is 6.17. The number of hydrogen-bond acceptors (Lipinski definition) is 2. The maximum absolute atomic E-state index is 5.45. The highest BCUT2D eigenvalue weighted by Gasteiger charge is 2.07. The molecule has 0 atom stereocenters. The van der Waals surface area contributed by atoms with E-state index in [1.165, 1.54) is 11.1 Å². The van der Waals surface area contributed by atoms with E-state index in [1.807, 2.05) is 18.2 Å². The second-order valence-electron chi connectivity index (χ2n) is 5.68. The first kappa shape index (κ1) is 14.5. The van der Waals surface area contributed by atoms with Crippen LogP contribution in [0.25, 0.3) is 33.3 Å². The van der Waals surface area contributed by atoms with Gasteiger partial charge in [0.25, 0.3) is 0 Å². The average Bonchev–Trinajstić information content (AvgIpc) is 2.68. The first-order valence-electron chi connectivity index (χ1n) is 7.95. The van der Waals surface area contributed by atoms with E-state index >= 15 is 0 Å². The van der Waals surface area contributed by atoms with Crippen LogP contribution >= 0.6 is 0 Å². The van der Waals surface area contributed by atoms with Gasteiger partial charge in [0.1, 0.15) is 11.3 Å². The number of pyridine rings is 1. The van der Waals surface area contributed by atoms with Crippen molar-refractivity contribution in [1.82, 2.24) is 4.98 Å². The SMILES string of the molecule is COc1cccc2ccc(-c3cccc(-c4ccccc4)c3)nc12. The van der Waals surface area contributed by atoms with Crippen LogP contribution in [0, 0.1) is 0 Å². The molecule has 0 unspecified atom stereocenters. The van der Waals surface area contributed by atoms with Crippen LogP contribution < -0.4 is 4.74 Å². The van der Waals surface area contributed by atoms with Gasteiger partial charge in [0.2, 0.25) is 0 Å². The van der Waals surface area contributed by atoms with Gasteiger partial charge in [0.05, 0.1) is 12.8 Å². The lowest BCUT2D eigenvalue weighted by Crippen LogP contribution is -1.90. The molecule has 4 rings (SSSR count). The summed E-state index contributed by atoms with van der Waals surface area (Å²) in [7, 11) is 1.68. The van der Waals surface area contributed by atoms with Gasteiger partial charge in [0, 0.05) is 10.9 Å². The summed E-state index contributed by atoms with van der Waals surface area (Å²) in [6.07, 6.45) is 0. The number of para-hydroxylation sites is 1. The molecule has 0 amide bonds. The molecule has 0 aliphatic rings. The third-order valence-electron chi connectivity index (χ3n) is 4.17. The van der Waals surface area contributed by atoms with Crippen molar-refractivity contribution >= 4 is 10.9 Å². The molecule has 0 bridgehead atoms. The minimum Gasteiger partial charge on any atom is -0.494 e. The number of methoxy groups -OCH3 is 1. The summed E-state index contributed by atoms with van der Waals surface area (Å²) >= 11 is 0. The Kier molecular flexibility index (Phi) is 3.72. The highest BCUT2D eigenvalue weighted by atomic mass is 16.5. The van der Waals surface area contributed by atoms with Crippen LogP contribution in [-0.2, 0) is 0 Å². The van der Waals surface area contributed by atoms with E-state index in [2.05, 4.69) is 66.7 Å². The highest BCUT2D eigenvalue weighted by molar-refractivity contribution is 5.87. The summed E-state index contributed by atoms with van der Waals surface area (Å²) in [6, 6.07) is 29.0. The van der Waals surface area contributed by atoms with E-state index in [4.69, 9.17) is 9.72 Å². The van der Waals surface area contributed by atoms with Crippen LogP contribution in [-0.4, -0.2) is 12.1 Å². The topological polar surface area (TPSA) is 22.1 Å². The fourth-order valence-electron chi connectivity index (χ4n) is 2.93. The molecule has 0 N–H and O–H groups in total. The van der Waals surface area contributed by atoms with Crippen LogP contribution in [0.2, 0.25) is 0 Å². The van der Waals surface area contributed by atoms with E-state index in [-0.39, 0.29) is 0 Å². The van der Waals surface area contributed by atoms with Crippen molar-refractivity contribution in [3.8, 4) is 28.1 Å². The normalized spacial score (nSPS) is 10.7. The molecule has 1 aromatic heterocycles. The van der Waals surface area contributed by atoms with Crippen molar-refractivity contribution in [2.24, 2.45) is 0 Å². The molecule has 4 aromatic rings. The van der Waals surface area contributed by atoms with Gasteiger partial charge in [-0.15, -0.1) is 0 Å². The van der Waals surface area contributed by atoms with Crippen LogP contribution in [0.4, 0.5) is 0 Å². The lowest BCUT2D eigenvalue weighted by molar-refractivity contribution is 0.419. The van der Waals surface area contributed by atoms with Gasteiger partial charge in [-0.05, 0) is 29.3 Å². The second-order valence-corrected chi connectivity index (χ2v) is 5.68. The van der Waals surface area contributed by atoms with Crippen LogP contribution in [0.1, 0.15) is 0 Å². The van der Waals surface area contributed by atoms with E-state index < -0.39 is 0 Å². The maximum atomic E-state index is 5.45. The van der Waals surface area contributed by atoms with Gasteiger partial charge in [-0.2, -0.15) is 0 Å². The number of ether oxygens (including phenoxy) is 1.